The number of piperidine rings is 2. The fraction of sp³-hybridized carbons (Fsp3) is 0.417. The maximum atomic E-state index is 12.7. The van der Waals surface area contributed by atoms with Crippen LogP contribution in [0.4, 0.5) is 0 Å². The number of nitrogens with zero attached hydrogens (tertiary/aromatic N) is 2. The van der Waals surface area contributed by atoms with Crippen molar-refractivity contribution in [3.8, 4) is 11.5 Å². The Morgan fingerprint density at radius 2 is 1.06 bits per heavy atom. The van der Waals surface area contributed by atoms with Gasteiger partial charge in [-0.25, -0.2) is 0 Å². The van der Waals surface area contributed by atoms with Crippen molar-refractivity contribution in [1.82, 2.24) is 20.4 Å². The standard InChI is InChI=1S/C18H20N2O6.C18H18N2O6/c2*21-8-2-1-3-9-26-11-4-5-12-13(10-11)18(25)20(17(12)24)14-6-7-15(22)19-16(14)23/h4-5,10,14,21H,1-3,6-9H2,(H,19,22,23);4-5,8,10,14H,1-3,6-7,9H2,(H,19,22,23). The quantitative estimate of drug-likeness (QED) is 0.144. The molecule has 2 atom stereocenters. The highest BCUT2D eigenvalue weighted by Gasteiger charge is 2.46. The van der Waals surface area contributed by atoms with Gasteiger partial charge in [0.15, 0.2) is 0 Å². The minimum atomic E-state index is -0.979. The molecule has 2 aromatic rings. The summed E-state index contributed by atoms with van der Waals surface area (Å²) in [5.41, 5.74) is 0.831. The van der Waals surface area contributed by atoms with Crippen molar-refractivity contribution < 1.29 is 57.7 Å². The summed E-state index contributed by atoms with van der Waals surface area (Å²) in [4.78, 5) is 109. The molecule has 8 amide bonds. The molecule has 2 fully saturated rings. The number of rotatable bonds is 14. The van der Waals surface area contributed by atoms with Crippen LogP contribution in [0.3, 0.4) is 0 Å². The van der Waals surface area contributed by atoms with E-state index in [1.165, 1.54) is 24.3 Å². The van der Waals surface area contributed by atoms with E-state index in [1.54, 1.807) is 12.1 Å². The molecule has 0 spiro atoms. The molecule has 4 aliphatic rings. The monoisotopic (exact) mass is 718 g/mol. The summed E-state index contributed by atoms with van der Waals surface area (Å²) in [6.45, 7) is 0.981. The van der Waals surface area contributed by atoms with Crippen molar-refractivity contribution in [2.45, 2.75) is 76.3 Å². The smallest absolute Gasteiger partial charge is 0.262 e. The van der Waals surface area contributed by atoms with Gasteiger partial charge in [0.05, 0.1) is 35.5 Å². The first-order valence-corrected chi connectivity index (χ1v) is 17.1. The van der Waals surface area contributed by atoms with Crippen molar-refractivity contribution >= 4 is 53.5 Å². The van der Waals surface area contributed by atoms with E-state index in [0.29, 0.717) is 44.0 Å². The van der Waals surface area contributed by atoms with Crippen molar-refractivity contribution in [2.75, 3.05) is 19.8 Å². The maximum absolute atomic E-state index is 12.7. The molecule has 6 rings (SSSR count). The number of amides is 8. The van der Waals surface area contributed by atoms with E-state index in [9.17, 15) is 43.2 Å². The van der Waals surface area contributed by atoms with Crippen LogP contribution >= 0.6 is 0 Å². The minimum absolute atomic E-state index is 0.0823. The Kier molecular flexibility index (Phi) is 12.2. The molecule has 2 unspecified atom stereocenters. The molecule has 0 aliphatic carbocycles. The number of hydrogen-bond donors (Lipinski definition) is 3. The van der Waals surface area contributed by atoms with Crippen LogP contribution in [0, 0.1) is 0 Å². The normalized spacial score (nSPS) is 19.5. The number of fused-ring (bicyclic) bond motifs is 2. The number of nitrogens with one attached hydrogen (secondary N) is 2. The molecule has 0 saturated carbocycles. The number of imide groups is 4. The number of aliphatic hydroxyl groups is 1. The molecule has 16 heteroatoms. The van der Waals surface area contributed by atoms with E-state index in [4.69, 9.17) is 14.6 Å². The van der Waals surface area contributed by atoms with Gasteiger partial charge >= 0.3 is 0 Å². The fourth-order valence-electron chi connectivity index (χ4n) is 6.18. The van der Waals surface area contributed by atoms with Crippen LogP contribution in [0.5, 0.6) is 11.5 Å². The molecular formula is C36H38N4O12. The van der Waals surface area contributed by atoms with Gasteiger partial charge in [-0.05, 0) is 81.3 Å². The van der Waals surface area contributed by atoms with Crippen LogP contribution in [0.2, 0.25) is 0 Å². The molecule has 3 N–H and O–H groups in total. The molecule has 0 aromatic heterocycles. The van der Waals surface area contributed by atoms with Gasteiger partial charge in [0.25, 0.3) is 23.6 Å². The zero-order valence-corrected chi connectivity index (χ0v) is 28.2. The number of aliphatic hydroxyl groups excluding tert-OH is 1. The number of carbonyl (C=O) groups excluding carboxylic acids is 9. The van der Waals surface area contributed by atoms with E-state index in [2.05, 4.69) is 10.6 Å². The Hall–Kier alpha value is -5.77. The second-order valence-corrected chi connectivity index (χ2v) is 12.5. The molecule has 16 nitrogen and oxygen atoms in total. The molecule has 2 aromatic carbocycles. The minimum Gasteiger partial charge on any atom is -0.494 e. The lowest BCUT2D eigenvalue weighted by Gasteiger charge is -2.27. The average Bonchev–Trinajstić information content (AvgIpc) is 3.51. The largest absolute Gasteiger partial charge is 0.494 e. The van der Waals surface area contributed by atoms with Gasteiger partial charge in [-0.1, -0.05) is 0 Å². The highest BCUT2D eigenvalue weighted by molar-refractivity contribution is 6.24. The topological polar surface area (TPSA) is 223 Å². The Labute approximate surface area is 297 Å². The number of aldehydes is 1. The van der Waals surface area contributed by atoms with E-state index in [0.717, 1.165) is 35.3 Å². The lowest BCUT2D eigenvalue weighted by molar-refractivity contribution is -0.137. The molecule has 274 valence electrons. The van der Waals surface area contributed by atoms with Gasteiger partial charge in [-0.3, -0.25) is 58.8 Å². The number of hydrogen-bond acceptors (Lipinski definition) is 12. The average molecular weight is 719 g/mol. The van der Waals surface area contributed by atoms with Gasteiger partial charge in [-0.15, -0.1) is 0 Å². The lowest BCUT2D eigenvalue weighted by atomic mass is 10.0. The van der Waals surface area contributed by atoms with Crippen LogP contribution in [0.1, 0.15) is 106 Å². The third kappa shape index (κ3) is 8.23. The highest BCUT2D eigenvalue weighted by Crippen LogP contribution is 2.32. The predicted molar refractivity (Wildman–Crippen MR) is 178 cm³/mol. The lowest BCUT2D eigenvalue weighted by Crippen LogP contribution is -2.54. The summed E-state index contributed by atoms with van der Waals surface area (Å²) in [6, 6.07) is 7.28. The number of carbonyl (C=O) groups is 9. The van der Waals surface area contributed by atoms with Crippen molar-refractivity contribution in [3.05, 3.63) is 58.7 Å². The second-order valence-electron chi connectivity index (χ2n) is 12.5. The molecule has 2 saturated heterocycles. The molecule has 52 heavy (non-hydrogen) atoms. The number of unbranched alkanes of at least 4 members (excludes halogenated alkanes) is 4. The zero-order chi connectivity index (χ0) is 37.4. The van der Waals surface area contributed by atoms with E-state index in [1.807, 2.05) is 0 Å². The van der Waals surface area contributed by atoms with E-state index >= 15 is 0 Å². The zero-order valence-electron chi connectivity index (χ0n) is 28.2. The van der Waals surface area contributed by atoms with Gasteiger partial charge in [0.1, 0.15) is 29.9 Å². The van der Waals surface area contributed by atoms with Gasteiger partial charge in [0.2, 0.25) is 23.6 Å². The van der Waals surface area contributed by atoms with Crippen molar-refractivity contribution in [1.29, 1.82) is 0 Å². The first kappa shape index (κ1) is 37.5. The summed E-state index contributed by atoms with van der Waals surface area (Å²) < 4.78 is 11.1. The van der Waals surface area contributed by atoms with Crippen LogP contribution in [0.15, 0.2) is 36.4 Å². The first-order valence-electron chi connectivity index (χ1n) is 17.1. The third-order valence-corrected chi connectivity index (χ3v) is 8.88. The Morgan fingerprint density at radius 3 is 1.48 bits per heavy atom. The maximum Gasteiger partial charge on any atom is 0.262 e. The molecule has 4 heterocycles. The summed E-state index contributed by atoms with van der Waals surface area (Å²) in [6.07, 6.45) is 5.48. The van der Waals surface area contributed by atoms with Crippen molar-refractivity contribution in [3.63, 3.8) is 0 Å². The van der Waals surface area contributed by atoms with E-state index < -0.39 is 59.3 Å². The second kappa shape index (κ2) is 17.0. The Morgan fingerprint density at radius 1 is 0.615 bits per heavy atom. The predicted octanol–water partition coefficient (Wildman–Crippen LogP) is 1.47. The SMILES string of the molecule is O=C1CCC(N2C(=O)c3ccc(OCCCCCO)cc3C2=O)C(=O)N1.O=CCCCCOc1ccc2c(c1)C(=O)N(C1CCC(=O)NC1=O)C2=O. The first-order chi connectivity index (χ1) is 25.0. The molecule has 0 radical (unpaired) electrons. The molecular weight excluding hydrogens is 680 g/mol. The molecule has 4 aliphatic heterocycles. The van der Waals surface area contributed by atoms with Crippen LogP contribution < -0.4 is 20.1 Å². The fourth-order valence-corrected chi connectivity index (χ4v) is 6.18. The number of ether oxygens (including phenoxy) is 2. The Bertz CT molecular complexity index is 1810. The van der Waals surface area contributed by atoms with E-state index in [-0.39, 0.29) is 54.5 Å². The van der Waals surface area contributed by atoms with Gasteiger partial charge in [0, 0.05) is 25.9 Å². The van der Waals surface area contributed by atoms with Gasteiger partial charge in [-0.2, -0.15) is 0 Å². The van der Waals surface area contributed by atoms with Crippen LogP contribution in [-0.2, 0) is 24.0 Å². The summed E-state index contributed by atoms with van der Waals surface area (Å²) in [5.74, 6) is -3.35. The molecule has 0 bridgehead atoms. The third-order valence-electron chi connectivity index (χ3n) is 8.88. The van der Waals surface area contributed by atoms with Crippen molar-refractivity contribution in [2.24, 2.45) is 0 Å². The van der Waals surface area contributed by atoms with Gasteiger partial charge < -0.3 is 19.4 Å². The summed E-state index contributed by atoms with van der Waals surface area (Å²) >= 11 is 0. The van der Waals surface area contributed by atoms with Crippen LogP contribution in [-0.4, -0.2) is 100 Å². The number of benzene rings is 2. The Balaban J connectivity index is 0.000000201. The summed E-state index contributed by atoms with van der Waals surface area (Å²) in [7, 11) is 0. The highest BCUT2D eigenvalue weighted by atomic mass is 16.5. The summed E-state index contributed by atoms with van der Waals surface area (Å²) in [5, 5.41) is 13.1. The van der Waals surface area contributed by atoms with Crippen LogP contribution in [0.25, 0.3) is 0 Å².